The quantitative estimate of drug-likeness (QED) is 0.832. The molecule has 1 aromatic carbocycles. The lowest BCUT2D eigenvalue weighted by molar-refractivity contribution is 0.784. The molecule has 0 radical (unpaired) electrons. The first kappa shape index (κ1) is 11.4. The number of H-pyrrole nitrogens is 2. The number of para-hydroxylation sites is 1. The Labute approximate surface area is 98.1 Å². The molecule has 0 aliphatic carbocycles. The number of benzene rings is 1. The fourth-order valence-corrected chi connectivity index (χ4v) is 1.84. The van der Waals surface area contributed by atoms with Gasteiger partial charge in [-0.05, 0) is 24.5 Å². The summed E-state index contributed by atoms with van der Waals surface area (Å²) in [4.78, 5) is 23.1. The lowest BCUT2D eigenvalue weighted by Gasteiger charge is -2.07. The van der Waals surface area contributed by atoms with Gasteiger partial charge < -0.3 is 0 Å². The van der Waals surface area contributed by atoms with Gasteiger partial charge in [0.2, 0.25) is 0 Å². The van der Waals surface area contributed by atoms with E-state index in [-0.39, 0.29) is 0 Å². The van der Waals surface area contributed by atoms with Crippen molar-refractivity contribution in [1.29, 1.82) is 0 Å². The number of aromatic nitrogens is 3. The number of aromatic amines is 2. The van der Waals surface area contributed by atoms with Crippen LogP contribution in [0.5, 0.6) is 0 Å². The zero-order valence-corrected chi connectivity index (χ0v) is 9.69. The van der Waals surface area contributed by atoms with Gasteiger partial charge in [0.05, 0.1) is 5.69 Å². The Morgan fingerprint density at radius 1 is 1.12 bits per heavy atom. The van der Waals surface area contributed by atoms with Crippen molar-refractivity contribution >= 4 is 0 Å². The monoisotopic (exact) mass is 233 g/mol. The molecule has 0 unspecified atom stereocenters. The second kappa shape index (κ2) is 4.86. The molecule has 2 N–H and O–H groups in total. The smallest absolute Gasteiger partial charge is 0.247 e. The lowest BCUT2D eigenvalue weighted by atomic mass is 10.1. The minimum Gasteiger partial charge on any atom is -0.247 e. The molecule has 0 spiro atoms. The first-order chi connectivity index (χ1) is 8.24. The van der Waals surface area contributed by atoms with Gasteiger partial charge in [-0.25, -0.2) is 24.4 Å². The fourth-order valence-electron chi connectivity index (χ4n) is 1.84. The van der Waals surface area contributed by atoms with E-state index in [1.807, 2.05) is 18.2 Å². The Morgan fingerprint density at radius 3 is 2.41 bits per heavy atom. The van der Waals surface area contributed by atoms with Crippen LogP contribution >= 0.6 is 0 Å². The standard InChI is InChI=1S/C12H15N3O2/c1-2-3-6-9-7-4-5-8-10(9)15-11(16)13-14-12(15)17/h4-5,7-8H,2-3,6H2,1H3,(H,13,16)(H,14,17). The van der Waals surface area contributed by atoms with Gasteiger partial charge in [-0.2, -0.15) is 0 Å². The number of nitrogens with zero attached hydrogens (tertiary/aromatic N) is 1. The van der Waals surface area contributed by atoms with Crippen LogP contribution in [0.1, 0.15) is 25.3 Å². The van der Waals surface area contributed by atoms with Gasteiger partial charge in [-0.15, -0.1) is 0 Å². The highest BCUT2D eigenvalue weighted by Crippen LogP contribution is 2.13. The second-order valence-electron chi connectivity index (χ2n) is 3.93. The molecule has 5 nitrogen and oxygen atoms in total. The van der Waals surface area contributed by atoms with Crippen molar-refractivity contribution in [2.75, 3.05) is 0 Å². The molecule has 0 saturated heterocycles. The van der Waals surface area contributed by atoms with Gasteiger partial charge in [-0.3, -0.25) is 0 Å². The molecule has 17 heavy (non-hydrogen) atoms. The summed E-state index contributed by atoms with van der Waals surface area (Å²) < 4.78 is 1.13. The van der Waals surface area contributed by atoms with Crippen LogP contribution < -0.4 is 11.4 Å². The normalized spacial score (nSPS) is 10.6. The van der Waals surface area contributed by atoms with Crippen LogP contribution in [0.25, 0.3) is 5.69 Å². The highest BCUT2D eigenvalue weighted by Gasteiger charge is 2.09. The van der Waals surface area contributed by atoms with Crippen molar-refractivity contribution in [3.8, 4) is 5.69 Å². The van der Waals surface area contributed by atoms with E-state index in [1.54, 1.807) is 6.07 Å². The van der Waals surface area contributed by atoms with Crippen LogP contribution in [0.3, 0.4) is 0 Å². The second-order valence-corrected chi connectivity index (χ2v) is 3.93. The third kappa shape index (κ3) is 2.22. The predicted octanol–water partition coefficient (Wildman–Crippen LogP) is 1.20. The molecule has 1 heterocycles. The van der Waals surface area contributed by atoms with E-state index < -0.39 is 11.4 Å². The highest BCUT2D eigenvalue weighted by molar-refractivity contribution is 5.40. The van der Waals surface area contributed by atoms with Gasteiger partial charge in [-0.1, -0.05) is 31.5 Å². The van der Waals surface area contributed by atoms with E-state index in [0.717, 1.165) is 29.4 Å². The molecule has 1 aromatic heterocycles. The zero-order chi connectivity index (χ0) is 12.3. The van der Waals surface area contributed by atoms with E-state index >= 15 is 0 Å². The predicted molar refractivity (Wildman–Crippen MR) is 65.6 cm³/mol. The molecule has 0 saturated carbocycles. The molecular weight excluding hydrogens is 218 g/mol. The van der Waals surface area contributed by atoms with E-state index in [4.69, 9.17) is 0 Å². The number of aryl methyl sites for hydroxylation is 1. The molecule has 2 aromatic rings. The van der Waals surface area contributed by atoms with E-state index in [1.165, 1.54) is 0 Å². The summed E-state index contributed by atoms with van der Waals surface area (Å²) in [6, 6.07) is 7.48. The summed E-state index contributed by atoms with van der Waals surface area (Å²) in [5, 5.41) is 4.58. The number of hydrogen-bond acceptors (Lipinski definition) is 2. The molecule has 0 bridgehead atoms. The molecule has 0 aliphatic rings. The highest BCUT2D eigenvalue weighted by atomic mass is 16.2. The largest absolute Gasteiger partial charge is 0.348 e. The summed E-state index contributed by atoms with van der Waals surface area (Å²) in [7, 11) is 0. The van der Waals surface area contributed by atoms with Crippen molar-refractivity contribution < 1.29 is 0 Å². The van der Waals surface area contributed by atoms with Crippen LogP contribution in [0.4, 0.5) is 0 Å². The fraction of sp³-hybridized carbons (Fsp3) is 0.333. The molecule has 5 heteroatoms. The van der Waals surface area contributed by atoms with Crippen molar-refractivity contribution in [2.45, 2.75) is 26.2 Å². The van der Waals surface area contributed by atoms with Crippen molar-refractivity contribution in [2.24, 2.45) is 0 Å². The summed E-state index contributed by atoms with van der Waals surface area (Å²) in [5.74, 6) is 0. The van der Waals surface area contributed by atoms with Crippen molar-refractivity contribution in [3.05, 3.63) is 50.8 Å². The summed E-state index contributed by atoms with van der Waals surface area (Å²) in [6.45, 7) is 2.11. The minimum atomic E-state index is -0.432. The van der Waals surface area contributed by atoms with Crippen molar-refractivity contribution in [3.63, 3.8) is 0 Å². The van der Waals surface area contributed by atoms with Gasteiger partial charge in [0.1, 0.15) is 0 Å². The van der Waals surface area contributed by atoms with E-state index in [0.29, 0.717) is 5.69 Å². The van der Waals surface area contributed by atoms with Crippen LogP contribution in [0.15, 0.2) is 33.9 Å². The maximum atomic E-state index is 11.5. The van der Waals surface area contributed by atoms with Gasteiger partial charge >= 0.3 is 11.4 Å². The molecule has 2 rings (SSSR count). The van der Waals surface area contributed by atoms with E-state index in [9.17, 15) is 9.59 Å². The van der Waals surface area contributed by atoms with Gasteiger partial charge in [0, 0.05) is 0 Å². The van der Waals surface area contributed by atoms with Gasteiger partial charge in [0.15, 0.2) is 0 Å². The zero-order valence-electron chi connectivity index (χ0n) is 9.69. The van der Waals surface area contributed by atoms with Crippen LogP contribution in [0, 0.1) is 0 Å². The molecule has 0 amide bonds. The topological polar surface area (TPSA) is 70.7 Å². The first-order valence-corrected chi connectivity index (χ1v) is 5.72. The number of hydrogen-bond donors (Lipinski definition) is 2. The van der Waals surface area contributed by atoms with Crippen LogP contribution in [-0.4, -0.2) is 14.8 Å². The van der Waals surface area contributed by atoms with Gasteiger partial charge in [0.25, 0.3) is 0 Å². The molecule has 90 valence electrons. The maximum absolute atomic E-state index is 11.5. The van der Waals surface area contributed by atoms with Crippen LogP contribution in [0.2, 0.25) is 0 Å². The van der Waals surface area contributed by atoms with Crippen LogP contribution in [-0.2, 0) is 6.42 Å². The molecular formula is C12H15N3O2. The number of nitrogens with one attached hydrogen (secondary N) is 2. The Morgan fingerprint density at radius 2 is 1.76 bits per heavy atom. The number of rotatable bonds is 4. The van der Waals surface area contributed by atoms with Crippen molar-refractivity contribution in [1.82, 2.24) is 14.8 Å². The summed E-state index contributed by atoms with van der Waals surface area (Å²) in [6.07, 6.45) is 2.98. The Balaban J connectivity index is 2.52. The third-order valence-corrected chi connectivity index (χ3v) is 2.71. The summed E-state index contributed by atoms with van der Waals surface area (Å²) >= 11 is 0. The third-order valence-electron chi connectivity index (χ3n) is 2.71. The first-order valence-electron chi connectivity index (χ1n) is 5.72. The molecule has 0 atom stereocenters. The Kier molecular flexibility index (Phi) is 3.27. The van der Waals surface area contributed by atoms with E-state index in [2.05, 4.69) is 17.1 Å². The molecule has 0 fully saturated rings. The minimum absolute atomic E-state index is 0.432. The average Bonchev–Trinajstić information content (AvgIpc) is 2.67. The maximum Gasteiger partial charge on any atom is 0.348 e. The SMILES string of the molecule is CCCCc1ccccc1-n1c(=O)[nH][nH]c1=O. The molecule has 0 aliphatic heterocycles. The summed E-state index contributed by atoms with van der Waals surface area (Å²) in [5.41, 5.74) is 0.813. The number of unbranched alkanes of at least 4 members (excludes halogenated alkanes) is 1. The Hall–Kier alpha value is -2.04. The Bertz CT molecular complexity index is 579. The average molecular weight is 233 g/mol. The lowest BCUT2D eigenvalue weighted by Crippen LogP contribution is -2.25.